The van der Waals surface area contributed by atoms with Crippen LogP contribution in [0.2, 0.25) is 0 Å². The van der Waals surface area contributed by atoms with E-state index in [-0.39, 0.29) is 12.4 Å². The molecule has 0 N–H and O–H groups in total. The summed E-state index contributed by atoms with van der Waals surface area (Å²) >= 11 is 0. The van der Waals surface area contributed by atoms with E-state index in [1.165, 1.54) is 5.57 Å². The molecule has 2 rings (SSSR count). The Morgan fingerprint density at radius 3 is 2.75 bits per heavy atom. The molecule has 3 heteroatoms. The molecular formula is C13H20O3. The zero-order valence-corrected chi connectivity index (χ0v) is 10.2. The monoisotopic (exact) mass is 224 g/mol. The predicted molar refractivity (Wildman–Crippen MR) is 60.9 cm³/mol. The Hall–Kier alpha value is -0.670. The van der Waals surface area contributed by atoms with Crippen molar-refractivity contribution >= 4 is 6.29 Å². The van der Waals surface area contributed by atoms with Gasteiger partial charge in [0.05, 0.1) is 6.61 Å². The fraction of sp³-hybridized carbons (Fsp3) is 0.769. The number of aldehydes is 1. The van der Waals surface area contributed by atoms with Gasteiger partial charge in [-0.25, -0.2) is 0 Å². The summed E-state index contributed by atoms with van der Waals surface area (Å²) in [5.74, 6) is 1.38. The summed E-state index contributed by atoms with van der Waals surface area (Å²) in [6.45, 7) is 7.02. The molecule has 0 aromatic heterocycles. The van der Waals surface area contributed by atoms with Crippen molar-refractivity contribution in [2.75, 3.05) is 6.61 Å². The van der Waals surface area contributed by atoms with Gasteiger partial charge in [-0.3, -0.25) is 0 Å². The van der Waals surface area contributed by atoms with Crippen LogP contribution in [-0.4, -0.2) is 25.3 Å². The van der Waals surface area contributed by atoms with Crippen LogP contribution < -0.4 is 0 Å². The fourth-order valence-corrected chi connectivity index (χ4v) is 3.02. The zero-order chi connectivity index (χ0) is 11.7. The third kappa shape index (κ3) is 2.20. The fourth-order valence-electron chi connectivity index (χ4n) is 3.02. The van der Waals surface area contributed by atoms with E-state index in [0.717, 1.165) is 12.7 Å². The van der Waals surface area contributed by atoms with Gasteiger partial charge in [-0.2, -0.15) is 0 Å². The average Bonchev–Trinajstić information content (AvgIpc) is 2.64. The highest BCUT2D eigenvalue weighted by molar-refractivity contribution is 5.56. The quantitative estimate of drug-likeness (QED) is 0.532. The van der Waals surface area contributed by atoms with E-state index >= 15 is 0 Å². The van der Waals surface area contributed by atoms with E-state index < -0.39 is 0 Å². The van der Waals surface area contributed by atoms with Gasteiger partial charge in [0.1, 0.15) is 6.10 Å². The van der Waals surface area contributed by atoms with Gasteiger partial charge in [-0.05, 0) is 25.2 Å². The highest BCUT2D eigenvalue weighted by Crippen LogP contribution is 2.38. The van der Waals surface area contributed by atoms with Crippen LogP contribution >= 0.6 is 0 Å². The molecule has 1 heterocycles. The number of hydrogen-bond acceptors (Lipinski definition) is 3. The van der Waals surface area contributed by atoms with Gasteiger partial charge < -0.3 is 14.3 Å². The summed E-state index contributed by atoms with van der Waals surface area (Å²) in [6.07, 6.45) is 3.66. The van der Waals surface area contributed by atoms with Crippen molar-refractivity contribution in [3.05, 3.63) is 11.6 Å². The van der Waals surface area contributed by atoms with Crippen molar-refractivity contribution in [3.63, 3.8) is 0 Å². The smallest absolute Gasteiger partial charge is 0.162 e. The van der Waals surface area contributed by atoms with E-state index in [1.807, 2.05) is 0 Å². The molecule has 0 saturated carbocycles. The third-order valence-corrected chi connectivity index (χ3v) is 3.66. The van der Waals surface area contributed by atoms with E-state index in [0.29, 0.717) is 24.4 Å². The molecule has 16 heavy (non-hydrogen) atoms. The average molecular weight is 224 g/mol. The lowest BCUT2D eigenvalue weighted by Gasteiger charge is -2.35. The lowest BCUT2D eigenvalue weighted by Crippen LogP contribution is -2.35. The van der Waals surface area contributed by atoms with Crippen molar-refractivity contribution < 1.29 is 14.3 Å². The van der Waals surface area contributed by atoms with Gasteiger partial charge in [0.15, 0.2) is 12.6 Å². The van der Waals surface area contributed by atoms with Crippen molar-refractivity contribution in [1.29, 1.82) is 0 Å². The maximum absolute atomic E-state index is 10.6. The van der Waals surface area contributed by atoms with Crippen LogP contribution in [0.5, 0.6) is 0 Å². The Labute approximate surface area is 96.8 Å². The molecule has 1 aliphatic heterocycles. The largest absolute Gasteiger partial charge is 0.349 e. The minimum Gasteiger partial charge on any atom is -0.349 e. The van der Waals surface area contributed by atoms with Crippen LogP contribution in [0, 0.1) is 17.8 Å². The van der Waals surface area contributed by atoms with E-state index in [2.05, 4.69) is 26.8 Å². The predicted octanol–water partition coefficient (Wildman–Crippen LogP) is 2.17. The molecule has 5 unspecified atom stereocenters. The Morgan fingerprint density at radius 2 is 2.19 bits per heavy atom. The summed E-state index contributed by atoms with van der Waals surface area (Å²) in [5.41, 5.74) is 1.45. The van der Waals surface area contributed by atoms with Gasteiger partial charge in [-0.15, -0.1) is 0 Å². The molecule has 2 aliphatic rings. The molecule has 3 nitrogen and oxygen atoms in total. The standard InChI is InChI=1S/C13H20O3/c1-8-4-9(2)12(10(3)5-8)13-15-7-11(6-14)16-13/h4,6,9-13H,5,7H2,1-3H3. The number of carbonyl (C=O) groups excluding carboxylic acids is 1. The SMILES string of the molecule is CC1=CC(C)C(C2OCC(C=O)O2)C(C)C1. The van der Waals surface area contributed by atoms with Gasteiger partial charge in [-0.1, -0.05) is 25.5 Å². The first kappa shape index (κ1) is 11.8. The Morgan fingerprint density at radius 1 is 1.44 bits per heavy atom. The molecule has 0 aromatic rings. The highest BCUT2D eigenvalue weighted by Gasteiger charge is 2.39. The summed E-state index contributed by atoms with van der Waals surface area (Å²) in [7, 11) is 0. The second-order valence-corrected chi connectivity index (χ2v) is 5.14. The van der Waals surface area contributed by atoms with Crippen LogP contribution in [0.4, 0.5) is 0 Å². The molecule has 0 spiro atoms. The van der Waals surface area contributed by atoms with Crippen LogP contribution in [-0.2, 0) is 14.3 Å². The molecule has 0 bridgehead atoms. The van der Waals surface area contributed by atoms with Crippen LogP contribution in [0.3, 0.4) is 0 Å². The van der Waals surface area contributed by atoms with Gasteiger partial charge >= 0.3 is 0 Å². The van der Waals surface area contributed by atoms with E-state index in [4.69, 9.17) is 9.47 Å². The van der Waals surface area contributed by atoms with Crippen LogP contribution in [0.1, 0.15) is 27.2 Å². The second kappa shape index (κ2) is 4.68. The van der Waals surface area contributed by atoms with Crippen LogP contribution in [0.25, 0.3) is 0 Å². The molecule has 90 valence electrons. The molecule has 0 aromatic carbocycles. The molecule has 0 radical (unpaired) electrons. The molecular weight excluding hydrogens is 204 g/mol. The molecule has 1 aliphatic carbocycles. The van der Waals surface area contributed by atoms with Crippen molar-refractivity contribution in [2.24, 2.45) is 17.8 Å². The Bertz CT molecular complexity index is 298. The van der Waals surface area contributed by atoms with Crippen molar-refractivity contribution in [3.8, 4) is 0 Å². The van der Waals surface area contributed by atoms with E-state index in [1.54, 1.807) is 0 Å². The zero-order valence-electron chi connectivity index (χ0n) is 10.2. The number of allylic oxidation sites excluding steroid dienone is 2. The number of carbonyl (C=O) groups is 1. The lowest BCUT2D eigenvalue weighted by molar-refractivity contribution is -0.134. The number of ether oxygens (including phenoxy) is 2. The first-order chi connectivity index (χ1) is 7.61. The molecule has 1 fully saturated rings. The Balaban J connectivity index is 2.06. The summed E-state index contributed by atoms with van der Waals surface area (Å²) in [6, 6.07) is 0. The first-order valence-electron chi connectivity index (χ1n) is 6.01. The third-order valence-electron chi connectivity index (χ3n) is 3.66. The highest BCUT2D eigenvalue weighted by atomic mass is 16.7. The number of hydrogen-bond donors (Lipinski definition) is 0. The minimum atomic E-state index is -0.364. The van der Waals surface area contributed by atoms with Crippen molar-refractivity contribution in [2.45, 2.75) is 39.6 Å². The van der Waals surface area contributed by atoms with Gasteiger partial charge in [0, 0.05) is 5.92 Å². The topological polar surface area (TPSA) is 35.5 Å². The van der Waals surface area contributed by atoms with Crippen molar-refractivity contribution in [1.82, 2.24) is 0 Å². The number of rotatable bonds is 2. The molecule has 5 atom stereocenters. The lowest BCUT2D eigenvalue weighted by atomic mass is 9.74. The molecule has 0 amide bonds. The maximum atomic E-state index is 10.6. The maximum Gasteiger partial charge on any atom is 0.162 e. The first-order valence-corrected chi connectivity index (χ1v) is 6.01. The second-order valence-electron chi connectivity index (χ2n) is 5.14. The van der Waals surface area contributed by atoms with E-state index in [9.17, 15) is 4.79 Å². The summed E-state index contributed by atoms with van der Waals surface area (Å²) in [4.78, 5) is 10.6. The minimum absolute atomic E-state index is 0.204. The van der Waals surface area contributed by atoms with Gasteiger partial charge in [0.2, 0.25) is 0 Å². The normalized spacial score (nSPS) is 44.2. The summed E-state index contributed by atoms with van der Waals surface area (Å²) in [5, 5.41) is 0. The Kier molecular flexibility index (Phi) is 3.45. The van der Waals surface area contributed by atoms with Gasteiger partial charge in [0.25, 0.3) is 0 Å². The van der Waals surface area contributed by atoms with Crippen LogP contribution in [0.15, 0.2) is 11.6 Å². The molecule has 1 saturated heterocycles. The summed E-state index contributed by atoms with van der Waals surface area (Å²) < 4.78 is 11.2.